The van der Waals surface area contributed by atoms with Gasteiger partial charge in [0.25, 0.3) is 0 Å². The van der Waals surface area contributed by atoms with Crippen LogP contribution in [0.2, 0.25) is 0 Å². The Morgan fingerprint density at radius 3 is 1.51 bits per heavy atom. The molecule has 0 atom stereocenters. The van der Waals surface area contributed by atoms with E-state index in [2.05, 4.69) is 282 Å². The van der Waals surface area contributed by atoms with Crippen LogP contribution in [0, 0.1) is 0 Å². The van der Waals surface area contributed by atoms with E-state index in [1.54, 1.807) is 0 Å². The summed E-state index contributed by atoms with van der Waals surface area (Å²) in [5, 5.41) is 7.89. The number of fused-ring (bicyclic) bond motifs is 7. The predicted octanol–water partition coefficient (Wildman–Crippen LogP) is 12.5. The van der Waals surface area contributed by atoms with Crippen LogP contribution in [-0.2, 0) is 0 Å². The van der Waals surface area contributed by atoms with Gasteiger partial charge in [0.1, 0.15) is 11.5 Å². The highest BCUT2D eigenvalue weighted by Gasteiger charge is 2.45. The van der Waals surface area contributed by atoms with E-state index >= 15 is 0 Å². The number of hydrogen-bond donors (Lipinski definition) is 0. The molecule has 71 heavy (non-hydrogen) atoms. The number of hydrogen-bond acceptors (Lipinski definition) is 2. The first kappa shape index (κ1) is 41.1. The topological polar surface area (TPSA) is 17.4 Å². The number of ether oxygens (including phenoxy) is 1. The minimum Gasteiger partial charge on any atom is -0.458 e. The molecule has 2 aliphatic heterocycles. The summed E-state index contributed by atoms with van der Waals surface area (Å²) in [7, 11) is -2.76. The van der Waals surface area contributed by atoms with Crippen LogP contribution < -0.4 is 41.2 Å². The van der Waals surface area contributed by atoms with Gasteiger partial charge in [-0.3, -0.25) is 0 Å². The van der Waals surface area contributed by atoms with Gasteiger partial charge in [-0.15, -0.1) is 0 Å². The van der Waals surface area contributed by atoms with Crippen molar-refractivity contribution >= 4 is 79.8 Å². The molecule has 14 rings (SSSR count). The zero-order valence-corrected chi connectivity index (χ0v) is 39.9. The molecular formula is C66H45BN2OSi. The van der Waals surface area contributed by atoms with Crippen molar-refractivity contribution < 1.29 is 4.74 Å². The molecule has 11 aromatic carbocycles. The minimum atomic E-state index is -2.76. The van der Waals surface area contributed by atoms with Gasteiger partial charge >= 0.3 is 6.85 Å². The summed E-state index contributed by atoms with van der Waals surface area (Å²) in [6.07, 6.45) is 0. The third-order valence-electron chi connectivity index (χ3n) is 15.0. The first-order chi connectivity index (χ1) is 35.2. The second-order valence-corrected chi connectivity index (χ2v) is 22.6. The molecule has 332 valence electrons. The summed E-state index contributed by atoms with van der Waals surface area (Å²) in [6, 6.07) is 100. The van der Waals surface area contributed by atoms with Crippen LogP contribution in [0.5, 0.6) is 11.5 Å². The van der Waals surface area contributed by atoms with E-state index in [1.165, 1.54) is 64.8 Å². The molecule has 5 heteroatoms. The third kappa shape index (κ3) is 6.51. The maximum absolute atomic E-state index is 7.35. The molecule has 12 aromatic rings. The Labute approximate surface area is 415 Å². The van der Waals surface area contributed by atoms with Gasteiger partial charge in [-0.25, -0.2) is 0 Å². The van der Waals surface area contributed by atoms with Gasteiger partial charge in [0, 0.05) is 38.9 Å². The zero-order chi connectivity index (χ0) is 46.9. The Morgan fingerprint density at radius 1 is 0.338 bits per heavy atom. The SMILES string of the molecule is c1ccc(N2B3c4ccc(-c5cccc([Si](c6ccccc6)(c6ccccc6)c6ccccc6)c5)cc4Oc4cc(-c5cccc(-n6c7ccccc7c7ccccc76)c5)cc(c43)-c3ccccc32)cc1. The molecule has 0 N–H and O–H groups in total. The Hall–Kier alpha value is -8.90. The van der Waals surface area contributed by atoms with Gasteiger partial charge in [0.15, 0.2) is 8.07 Å². The van der Waals surface area contributed by atoms with Gasteiger partial charge in [-0.2, -0.15) is 0 Å². The van der Waals surface area contributed by atoms with E-state index in [-0.39, 0.29) is 6.85 Å². The fraction of sp³-hybridized carbons (Fsp3) is 0. The van der Waals surface area contributed by atoms with Gasteiger partial charge in [-0.05, 0) is 115 Å². The van der Waals surface area contributed by atoms with Crippen molar-refractivity contribution in [3.8, 4) is 50.6 Å². The number of aromatic nitrogens is 1. The highest BCUT2D eigenvalue weighted by Crippen LogP contribution is 2.46. The maximum Gasteiger partial charge on any atom is 0.336 e. The second-order valence-electron chi connectivity index (χ2n) is 18.8. The third-order valence-corrected chi connectivity index (χ3v) is 19.7. The van der Waals surface area contributed by atoms with E-state index in [9.17, 15) is 0 Å². The molecule has 0 amide bonds. The van der Waals surface area contributed by atoms with Crippen LogP contribution in [-0.4, -0.2) is 19.5 Å². The summed E-state index contributed by atoms with van der Waals surface area (Å²) in [4.78, 5) is 2.52. The summed E-state index contributed by atoms with van der Waals surface area (Å²) in [5.41, 5.74) is 15.0. The summed E-state index contributed by atoms with van der Waals surface area (Å²) < 4.78 is 9.75. The van der Waals surface area contributed by atoms with Crippen molar-refractivity contribution in [3.05, 3.63) is 273 Å². The molecule has 2 aliphatic rings. The van der Waals surface area contributed by atoms with Crippen LogP contribution in [0.3, 0.4) is 0 Å². The Kier molecular flexibility index (Phi) is 9.65. The van der Waals surface area contributed by atoms with Gasteiger partial charge < -0.3 is 14.1 Å². The van der Waals surface area contributed by atoms with E-state index in [4.69, 9.17) is 4.74 Å². The number of benzene rings is 11. The summed E-state index contributed by atoms with van der Waals surface area (Å²) in [5.74, 6) is 1.74. The Morgan fingerprint density at radius 2 is 0.845 bits per heavy atom. The highest BCUT2D eigenvalue weighted by molar-refractivity contribution is 7.20. The van der Waals surface area contributed by atoms with Crippen LogP contribution >= 0.6 is 0 Å². The van der Waals surface area contributed by atoms with E-state index in [0.29, 0.717) is 0 Å². The summed E-state index contributed by atoms with van der Waals surface area (Å²) >= 11 is 0. The molecule has 0 fully saturated rings. The standard InChI is InChI=1S/C66H45BN2OSi/c1-5-23-50(24-6-1)69-63-38-18-15-35-58(63)59-43-49(46-21-19-25-51(41-46)68-61-36-16-13-33-56(61)57-34-14-17-37-62(57)68)45-65-66(59)67(69)60-40-39-48(44-64(60)70-65)47-22-20-32-55(42-47)71(52-26-7-2-8-27-52,53-28-9-3-10-29-53)54-30-11-4-12-31-54/h1-45H. The zero-order valence-electron chi connectivity index (χ0n) is 38.9. The van der Waals surface area contributed by atoms with Crippen LogP contribution in [0.4, 0.5) is 11.4 Å². The van der Waals surface area contributed by atoms with Crippen molar-refractivity contribution in [2.75, 3.05) is 4.81 Å². The van der Waals surface area contributed by atoms with Gasteiger partial charge in [0.05, 0.1) is 11.0 Å². The van der Waals surface area contributed by atoms with Crippen molar-refractivity contribution in [2.45, 2.75) is 0 Å². The quantitative estimate of drug-likeness (QED) is 0.112. The molecular weight excluding hydrogens is 876 g/mol. The molecule has 0 unspecified atom stereocenters. The lowest BCUT2D eigenvalue weighted by atomic mass is 9.44. The van der Waals surface area contributed by atoms with Crippen LogP contribution in [0.1, 0.15) is 0 Å². The fourth-order valence-electron chi connectivity index (χ4n) is 11.9. The Bertz CT molecular complexity index is 3840. The van der Waals surface area contributed by atoms with Gasteiger partial charge in [0.2, 0.25) is 0 Å². The molecule has 0 saturated heterocycles. The van der Waals surface area contributed by atoms with Crippen molar-refractivity contribution in [2.24, 2.45) is 0 Å². The number of nitrogens with zero attached hydrogens (tertiary/aromatic N) is 2. The smallest absolute Gasteiger partial charge is 0.336 e. The molecule has 0 radical (unpaired) electrons. The minimum absolute atomic E-state index is 0.131. The number of anilines is 2. The van der Waals surface area contributed by atoms with Crippen LogP contribution in [0.25, 0.3) is 60.9 Å². The lowest BCUT2D eigenvalue weighted by molar-refractivity contribution is 0.487. The van der Waals surface area contributed by atoms with E-state index in [0.717, 1.165) is 50.6 Å². The average Bonchev–Trinajstić information content (AvgIpc) is 3.79. The predicted molar refractivity (Wildman–Crippen MR) is 301 cm³/mol. The lowest BCUT2D eigenvalue weighted by Crippen LogP contribution is -2.74. The summed E-state index contributed by atoms with van der Waals surface area (Å²) in [6.45, 7) is -0.131. The van der Waals surface area contributed by atoms with E-state index in [1.807, 2.05) is 0 Å². The molecule has 1 aromatic heterocycles. The normalized spacial score (nSPS) is 12.6. The van der Waals surface area contributed by atoms with Crippen LogP contribution in [0.15, 0.2) is 273 Å². The molecule has 0 spiro atoms. The van der Waals surface area contributed by atoms with Crippen molar-refractivity contribution in [3.63, 3.8) is 0 Å². The maximum atomic E-state index is 7.35. The number of rotatable bonds is 8. The van der Waals surface area contributed by atoms with Crippen molar-refractivity contribution in [1.82, 2.24) is 4.57 Å². The monoisotopic (exact) mass is 920 g/mol. The molecule has 3 heterocycles. The fourth-order valence-corrected chi connectivity index (χ4v) is 16.7. The number of para-hydroxylation sites is 4. The largest absolute Gasteiger partial charge is 0.458 e. The first-order valence-corrected chi connectivity index (χ1v) is 26.5. The second kappa shape index (κ2) is 16.7. The Balaban J connectivity index is 0.946. The molecule has 0 saturated carbocycles. The lowest BCUT2D eigenvalue weighted by Gasteiger charge is -2.42. The first-order valence-electron chi connectivity index (χ1n) is 24.5. The van der Waals surface area contributed by atoms with Gasteiger partial charge in [-0.1, -0.05) is 212 Å². The molecule has 0 aliphatic carbocycles. The van der Waals surface area contributed by atoms with E-state index < -0.39 is 8.07 Å². The van der Waals surface area contributed by atoms with Crippen molar-refractivity contribution in [1.29, 1.82) is 0 Å². The average molecular weight is 921 g/mol. The molecule has 3 nitrogen and oxygen atoms in total. The highest BCUT2D eigenvalue weighted by atomic mass is 28.3. The molecule has 0 bridgehead atoms.